The lowest BCUT2D eigenvalue weighted by atomic mass is 9.79. The van der Waals surface area contributed by atoms with E-state index in [2.05, 4.69) is 12.2 Å². The van der Waals surface area contributed by atoms with Crippen LogP contribution in [0.1, 0.15) is 50.7 Å². The van der Waals surface area contributed by atoms with Crippen LogP contribution in [0, 0.1) is 23.7 Å². The van der Waals surface area contributed by atoms with E-state index in [1.54, 1.807) is 12.1 Å². The summed E-state index contributed by atoms with van der Waals surface area (Å²) in [4.78, 5) is 0. The van der Waals surface area contributed by atoms with Crippen LogP contribution in [0.15, 0.2) is 24.3 Å². The second-order valence-electron chi connectivity index (χ2n) is 7.75. The number of aliphatic hydroxyl groups excluding tert-OH is 1. The molecule has 1 aromatic carbocycles. The van der Waals surface area contributed by atoms with E-state index in [9.17, 15) is 10.2 Å². The van der Waals surface area contributed by atoms with Crippen molar-refractivity contribution in [1.82, 2.24) is 5.32 Å². The van der Waals surface area contributed by atoms with Gasteiger partial charge in [0.1, 0.15) is 5.75 Å². The van der Waals surface area contributed by atoms with E-state index in [1.165, 1.54) is 32.1 Å². The minimum absolute atomic E-state index is 0.0498. The second kappa shape index (κ2) is 5.54. The highest BCUT2D eigenvalue weighted by Crippen LogP contribution is 2.58. The summed E-state index contributed by atoms with van der Waals surface area (Å²) < 4.78 is 0. The minimum Gasteiger partial charge on any atom is -0.508 e. The summed E-state index contributed by atoms with van der Waals surface area (Å²) in [5.74, 6) is 3.99. The fraction of sp³-hybridized carbons (Fsp3) is 0.684. The molecule has 1 aromatic rings. The summed E-state index contributed by atoms with van der Waals surface area (Å²) >= 11 is 0. The highest BCUT2D eigenvalue weighted by atomic mass is 16.3. The molecule has 0 aliphatic heterocycles. The van der Waals surface area contributed by atoms with Crippen LogP contribution in [0.5, 0.6) is 5.75 Å². The van der Waals surface area contributed by atoms with Gasteiger partial charge >= 0.3 is 0 Å². The molecule has 3 fully saturated rings. The summed E-state index contributed by atoms with van der Waals surface area (Å²) in [6.45, 7) is 2.08. The number of aromatic hydroxyl groups is 1. The van der Waals surface area contributed by atoms with Crippen LogP contribution in [0.4, 0.5) is 0 Å². The predicted octanol–water partition coefficient (Wildman–Crippen LogP) is 3.23. The Hall–Kier alpha value is -1.06. The monoisotopic (exact) mass is 301 g/mol. The SMILES string of the molecule is C[C@H](N[C@@H]1C[C@H]2C[C@H]1[C@@H]1CCC[C@@H]21)[C@@H](O)c1ccc(O)cc1. The first-order valence-electron chi connectivity index (χ1n) is 8.86. The number of hydrogen-bond acceptors (Lipinski definition) is 3. The smallest absolute Gasteiger partial charge is 0.115 e. The Bertz CT molecular complexity index is 529. The quantitative estimate of drug-likeness (QED) is 0.800. The van der Waals surface area contributed by atoms with Crippen LogP contribution >= 0.6 is 0 Å². The van der Waals surface area contributed by atoms with Gasteiger partial charge in [0.15, 0.2) is 0 Å². The molecular formula is C19H27NO2. The first-order chi connectivity index (χ1) is 10.6. The van der Waals surface area contributed by atoms with Gasteiger partial charge in [-0.25, -0.2) is 0 Å². The van der Waals surface area contributed by atoms with Crippen LogP contribution < -0.4 is 5.32 Å². The molecular weight excluding hydrogens is 274 g/mol. The van der Waals surface area contributed by atoms with Crippen molar-refractivity contribution in [3.63, 3.8) is 0 Å². The molecule has 0 spiro atoms. The van der Waals surface area contributed by atoms with Gasteiger partial charge in [-0.3, -0.25) is 0 Å². The molecule has 0 aromatic heterocycles. The largest absolute Gasteiger partial charge is 0.508 e. The van der Waals surface area contributed by atoms with E-state index in [4.69, 9.17) is 0 Å². The average Bonchev–Trinajstić information content (AvgIpc) is 3.19. The van der Waals surface area contributed by atoms with Crippen LogP contribution in [0.3, 0.4) is 0 Å². The standard InChI is InChI=1S/C19H27NO2/c1-11(19(22)12-5-7-14(21)8-6-12)20-18-10-13-9-17(18)16-4-2-3-15(13)16/h5-8,11,13,15-22H,2-4,9-10H2,1H3/t11-,13+,15-,16+,17-,18+,19+/m0/s1. The molecule has 3 saturated carbocycles. The van der Waals surface area contributed by atoms with Crippen molar-refractivity contribution in [2.24, 2.45) is 23.7 Å². The van der Waals surface area contributed by atoms with Gasteiger partial charge in [-0.15, -0.1) is 0 Å². The normalized spacial score (nSPS) is 38.9. The van der Waals surface area contributed by atoms with Crippen molar-refractivity contribution in [1.29, 1.82) is 0 Å². The van der Waals surface area contributed by atoms with Crippen molar-refractivity contribution >= 4 is 0 Å². The summed E-state index contributed by atoms with van der Waals surface area (Å²) in [5, 5.41) is 23.6. The molecule has 3 aliphatic rings. The number of benzene rings is 1. The van der Waals surface area contributed by atoms with Crippen molar-refractivity contribution in [2.45, 2.75) is 57.2 Å². The summed E-state index contributed by atoms with van der Waals surface area (Å²) in [6, 6.07) is 7.55. The molecule has 120 valence electrons. The Morgan fingerprint density at radius 2 is 1.77 bits per heavy atom. The molecule has 0 saturated heterocycles. The predicted molar refractivity (Wildman–Crippen MR) is 86.5 cm³/mol. The third-order valence-corrected chi connectivity index (χ3v) is 6.61. The van der Waals surface area contributed by atoms with Crippen molar-refractivity contribution < 1.29 is 10.2 Å². The number of phenols is 1. The molecule has 7 atom stereocenters. The van der Waals surface area contributed by atoms with Crippen LogP contribution in [0.25, 0.3) is 0 Å². The van der Waals surface area contributed by atoms with Crippen LogP contribution in [-0.2, 0) is 0 Å². The molecule has 0 amide bonds. The number of aliphatic hydroxyl groups is 1. The third-order valence-electron chi connectivity index (χ3n) is 6.61. The summed E-state index contributed by atoms with van der Waals surface area (Å²) in [7, 11) is 0. The zero-order chi connectivity index (χ0) is 15.3. The number of phenolic OH excluding ortho intramolecular Hbond substituents is 1. The van der Waals surface area contributed by atoms with Gasteiger partial charge in [-0.1, -0.05) is 18.6 Å². The highest BCUT2D eigenvalue weighted by molar-refractivity contribution is 5.28. The zero-order valence-electron chi connectivity index (χ0n) is 13.3. The van der Waals surface area contributed by atoms with Gasteiger partial charge in [-0.05, 0) is 74.0 Å². The Kier molecular flexibility index (Phi) is 3.66. The molecule has 22 heavy (non-hydrogen) atoms. The number of nitrogens with one attached hydrogen (secondary N) is 1. The first kappa shape index (κ1) is 14.5. The van der Waals surface area contributed by atoms with Gasteiger partial charge in [0.2, 0.25) is 0 Å². The van der Waals surface area contributed by atoms with Gasteiger partial charge < -0.3 is 15.5 Å². The van der Waals surface area contributed by atoms with E-state index >= 15 is 0 Å². The van der Waals surface area contributed by atoms with E-state index in [0.717, 1.165) is 29.2 Å². The molecule has 0 unspecified atom stereocenters. The van der Waals surface area contributed by atoms with E-state index in [0.29, 0.717) is 6.04 Å². The summed E-state index contributed by atoms with van der Waals surface area (Å²) in [5.41, 5.74) is 0.875. The van der Waals surface area contributed by atoms with Gasteiger partial charge in [0.25, 0.3) is 0 Å². The number of hydrogen-bond donors (Lipinski definition) is 3. The molecule has 0 heterocycles. The number of fused-ring (bicyclic) bond motifs is 5. The first-order valence-corrected chi connectivity index (χ1v) is 8.86. The van der Waals surface area contributed by atoms with Gasteiger partial charge in [0.05, 0.1) is 6.10 Å². The van der Waals surface area contributed by atoms with Gasteiger partial charge in [0, 0.05) is 12.1 Å². The lowest BCUT2D eigenvalue weighted by molar-refractivity contribution is 0.111. The minimum atomic E-state index is -0.515. The maximum Gasteiger partial charge on any atom is 0.115 e. The zero-order valence-corrected chi connectivity index (χ0v) is 13.3. The Balaban J connectivity index is 1.40. The molecule has 0 radical (unpaired) electrons. The second-order valence-corrected chi connectivity index (χ2v) is 7.75. The van der Waals surface area contributed by atoms with E-state index in [-0.39, 0.29) is 11.8 Å². The lowest BCUT2D eigenvalue weighted by Crippen LogP contribution is -2.45. The molecule has 4 rings (SSSR count). The van der Waals surface area contributed by atoms with E-state index in [1.807, 2.05) is 12.1 Å². The van der Waals surface area contributed by atoms with Gasteiger partial charge in [-0.2, -0.15) is 0 Å². The fourth-order valence-electron chi connectivity index (χ4n) is 5.65. The van der Waals surface area contributed by atoms with E-state index < -0.39 is 6.10 Å². The van der Waals surface area contributed by atoms with Crippen LogP contribution in [0.2, 0.25) is 0 Å². The highest BCUT2D eigenvalue weighted by Gasteiger charge is 2.53. The Morgan fingerprint density at radius 1 is 1.05 bits per heavy atom. The van der Waals surface area contributed by atoms with Crippen molar-refractivity contribution in [3.8, 4) is 5.75 Å². The molecule has 3 heteroatoms. The summed E-state index contributed by atoms with van der Waals surface area (Å²) in [6.07, 6.45) is 6.52. The third kappa shape index (κ3) is 2.35. The topological polar surface area (TPSA) is 52.5 Å². The lowest BCUT2D eigenvalue weighted by Gasteiger charge is -2.35. The molecule has 3 N–H and O–H groups in total. The molecule has 3 aliphatic carbocycles. The number of rotatable bonds is 4. The maximum atomic E-state index is 10.6. The maximum absolute atomic E-state index is 10.6. The fourth-order valence-corrected chi connectivity index (χ4v) is 5.65. The Labute approximate surface area is 132 Å². The molecule has 3 nitrogen and oxygen atoms in total. The average molecular weight is 301 g/mol. The van der Waals surface area contributed by atoms with Crippen molar-refractivity contribution in [2.75, 3.05) is 0 Å². The van der Waals surface area contributed by atoms with Crippen LogP contribution in [-0.4, -0.2) is 22.3 Å². The molecule has 2 bridgehead atoms. The van der Waals surface area contributed by atoms with Crippen molar-refractivity contribution in [3.05, 3.63) is 29.8 Å². The Morgan fingerprint density at radius 3 is 2.55 bits per heavy atom.